The van der Waals surface area contributed by atoms with Crippen molar-refractivity contribution in [2.24, 2.45) is 5.92 Å². The number of rotatable bonds is 5. The Morgan fingerprint density at radius 1 is 1.53 bits per heavy atom. The summed E-state index contributed by atoms with van der Waals surface area (Å²) in [6.07, 6.45) is 7.25. The van der Waals surface area contributed by atoms with E-state index < -0.39 is 5.97 Å². The topological polar surface area (TPSA) is 57.5 Å². The van der Waals surface area contributed by atoms with Gasteiger partial charge in [-0.25, -0.2) is 0 Å². The van der Waals surface area contributed by atoms with E-state index in [4.69, 9.17) is 5.11 Å². The van der Waals surface area contributed by atoms with Crippen molar-refractivity contribution in [3.63, 3.8) is 0 Å². The lowest BCUT2D eigenvalue weighted by atomic mass is 9.95. The smallest absolute Gasteiger partial charge is 0.303 e. The van der Waals surface area contributed by atoms with Gasteiger partial charge in [-0.3, -0.25) is 4.79 Å². The van der Waals surface area contributed by atoms with Crippen LogP contribution in [0.2, 0.25) is 0 Å². The summed E-state index contributed by atoms with van der Waals surface area (Å²) in [5, 5.41) is 18.4. The van der Waals surface area contributed by atoms with Crippen molar-refractivity contribution < 1.29 is 15.0 Å². The van der Waals surface area contributed by atoms with Crippen molar-refractivity contribution in [3.8, 4) is 0 Å². The largest absolute Gasteiger partial charge is 0.512 e. The standard InChI is InChI=1S/C12H18O3/c1-2-3-4-5-10-9(8-12(14)15)6-7-11(10)13/h3-4,9,13H,2,5-8H2,1H3,(H,14,15)/b4-3-. The summed E-state index contributed by atoms with van der Waals surface area (Å²) in [6, 6.07) is 0. The van der Waals surface area contributed by atoms with Crippen molar-refractivity contribution >= 4 is 5.97 Å². The van der Waals surface area contributed by atoms with E-state index in [9.17, 15) is 9.90 Å². The summed E-state index contributed by atoms with van der Waals surface area (Å²) in [7, 11) is 0. The number of hydrogen-bond acceptors (Lipinski definition) is 2. The van der Waals surface area contributed by atoms with Gasteiger partial charge in [0.15, 0.2) is 0 Å². The predicted octanol–water partition coefficient (Wildman–Crippen LogP) is 3.04. The van der Waals surface area contributed by atoms with Crippen LogP contribution in [0.1, 0.15) is 39.0 Å². The molecule has 1 unspecified atom stereocenters. The molecule has 0 saturated heterocycles. The van der Waals surface area contributed by atoms with Crippen LogP contribution >= 0.6 is 0 Å². The Labute approximate surface area is 90.1 Å². The highest BCUT2D eigenvalue weighted by atomic mass is 16.4. The number of hydrogen-bond donors (Lipinski definition) is 2. The van der Waals surface area contributed by atoms with Crippen LogP contribution in [0.4, 0.5) is 0 Å². The normalized spacial score (nSPS) is 21.5. The second kappa shape index (κ2) is 5.59. The minimum absolute atomic E-state index is 0.0315. The van der Waals surface area contributed by atoms with E-state index in [-0.39, 0.29) is 12.3 Å². The van der Waals surface area contributed by atoms with Crippen molar-refractivity contribution in [1.29, 1.82) is 0 Å². The van der Waals surface area contributed by atoms with Crippen molar-refractivity contribution in [2.45, 2.75) is 39.0 Å². The maximum atomic E-state index is 10.6. The number of carboxylic acids is 1. The lowest BCUT2D eigenvalue weighted by molar-refractivity contribution is -0.137. The molecule has 0 fully saturated rings. The highest BCUT2D eigenvalue weighted by Crippen LogP contribution is 2.35. The maximum Gasteiger partial charge on any atom is 0.303 e. The molecule has 0 amide bonds. The van der Waals surface area contributed by atoms with E-state index in [2.05, 4.69) is 0 Å². The molecular weight excluding hydrogens is 192 g/mol. The van der Waals surface area contributed by atoms with E-state index in [1.165, 1.54) is 0 Å². The van der Waals surface area contributed by atoms with Gasteiger partial charge in [0.2, 0.25) is 0 Å². The zero-order chi connectivity index (χ0) is 11.3. The van der Waals surface area contributed by atoms with Crippen LogP contribution in [0.15, 0.2) is 23.5 Å². The first kappa shape index (κ1) is 11.8. The van der Waals surface area contributed by atoms with E-state index in [0.717, 1.165) is 18.4 Å². The zero-order valence-corrected chi connectivity index (χ0v) is 9.07. The van der Waals surface area contributed by atoms with Gasteiger partial charge < -0.3 is 10.2 Å². The monoisotopic (exact) mass is 210 g/mol. The minimum Gasteiger partial charge on any atom is -0.512 e. The quantitative estimate of drug-likeness (QED) is 0.686. The first-order chi connectivity index (χ1) is 7.15. The summed E-state index contributed by atoms with van der Waals surface area (Å²) in [4.78, 5) is 10.6. The fourth-order valence-electron chi connectivity index (χ4n) is 1.98. The summed E-state index contributed by atoms with van der Waals surface area (Å²) in [6.45, 7) is 2.05. The molecule has 0 heterocycles. The maximum absolute atomic E-state index is 10.6. The number of carboxylic acid groups (broad SMARTS) is 1. The van der Waals surface area contributed by atoms with Gasteiger partial charge in [0.05, 0.1) is 12.2 Å². The lowest BCUT2D eigenvalue weighted by Crippen LogP contribution is -2.07. The Hall–Kier alpha value is -1.25. The van der Waals surface area contributed by atoms with E-state index in [1.807, 2.05) is 19.1 Å². The lowest BCUT2D eigenvalue weighted by Gasteiger charge is -2.10. The molecule has 1 aliphatic carbocycles. The van der Waals surface area contributed by atoms with Gasteiger partial charge >= 0.3 is 5.97 Å². The Kier molecular flexibility index (Phi) is 4.40. The summed E-state index contributed by atoms with van der Waals surface area (Å²) in [5.74, 6) is -0.349. The Morgan fingerprint density at radius 3 is 2.87 bits per heavy atom. The molecular formula is C12H18O3. The van der Waals surface area contributed by atoms with Crippen molar-refractivity contribution in [2.75, 3.05) is 0 Å². The highest BCUT2D eigenvalue weighted by molar-refractivity contribution is 5.67. The van der Waals surface area contributed by atoms with E-state index in [1.54, 1.807) is 0 Å². The molecule has 0 saturated carbocycles. The third-order valence-electron chi connectivity index (χ3n) is 2.75. The first-order valence-corrected chi connectivity index (χ1v) is 5.42. The molecule has 1 aliphatic rings. The highest BCUT2D eigenvalue weighted by Gasteiger charge is 2.26. The molecule has 1 atom stereocenters. The molecule has 1 rings (SSSR count). The van der Waals surface area contributed by atoms with Crippen LogP contribution in [0.3, 0.4) is 0 Å². The molecule has 15 heavy (non-hydrogen) atoms. The van der Waals surface area contributed by atoms with Gasteiger partial charge in [-0.05, 0) is 30.8 Å². The Morgan fingerprint density at radius 2 is 2.27 bits per heavy atom. The van der Waals surface area contributed by atoms with Crippen LogP contribution in [0.5, 0.6) is 0 Å². The average molecular weight is 210 g/mol. The number of allylic oxidation sites excluding steroid dienone is 4. The molecule has 84 valence electrons. The van der Waals surface area contributed by atoms with Gasteiger partial charge in [-0.1, -0.05) is 19.1 Å². The molecule has 0 aromatic carbocycles. The van der Waals surface area contributed by atoms with Crippen molar-refractivity contribution in [1.82, 2.24) is 0 Å². The molecule has 0 aromatic heterocycles. The SMILES string of the molecule is CC/C=C\CC1=C(O)CCC1CC(=O)O. The van der Waals surface area contributed by atoms with Crippen LogP contribution in [0.25, 0.3) is 0 Å². The third-order valence-corrected chi connectivity index (χ3v) is 2.75. The minimum atomic E-state index is -0.785. The van der Waals surface area contributed by atoms with Crippen LogP contribution in [0, 0.1) is 5.92 Å². The Bertz CT molecular complexity index is 289. The second-order valence-electron chi connectivity index (χ2n) is 3.89. The zero-order valence-electron chi connectivity index (χ0n) is 9.07. The fourth-order valence-corrected chi connectivity index (χ4v) is 1.98. The number of aliphatic hydroxyl groups excluding tert-OH is 1. The molecule has 2 N–H and O–H groups in total. The summed E-state index contributed by atoms with van der Waals surface area (Å²) >= 11 is 0. The van der Waals surface area contributed by atoms with E-state index in [0.29, 0.717) is 18.6 Å². The van der Waals surface area contributed by atoms with Gasteiger partial charge in [0.25, 0.3) is 0 Å². The molecule has 0 radical (unpaired) electrons. The van der Waals surface area contributed by atoms with Gasteiger partial charge in [-0.2, -0.15) is 0 Å². The van der Waals surface area contributed by atoms with Gasteiger partial charge in [0, 0.05) is 6.42 Å². The predicted molar refractivity (Wildman–Crippen MR) is 58.7 cm³/mol. The number of aliphatic carboxylic acids is 1. The molecule has 0 aromatic rings. The third kappa shape index (κ3) is 3.42. The van der Waals surface area contributed by atoms with Crippen LogP contribution in [-0.4, -0.2) is 16.2 Å². The Balaban J connectivity index is 2.60. The van der Waals surface area contributed by atoms with Gasteiger partial charge in [-0.15, -0.1) is 0 Å². The average Bonchev–Trinajstić information content (AvgIpc) is 2.49. The number of aliphatic hydroxyl groups is 1. The molecule has 0 bridgehead atoms. The second-order valence-corrected chi connectivity index (χ2v) is 3.89. The van der Waals surface area contributed by atoms with Crippen molar-refractivity contribution in [3.05, 3.63) is 23.5 Å². The summed E-state index contributed by atoms with van der Waals surface area (Å²) < 4.78 is 0. The van der Waals surface area contributed by atoms with Crippen LogP contribution < -0.4 is 0 Å². The molecule has 0 spiro atoms. The molecule has 0 aliphatic heterocycles. The summed E-state index contributed by atoms with van der Waals surface area (Å²) in [5.41, 5.74) is 0.919. The fraction of sp³-hybridized carbons (Fsp3) is 0.583. The van der Waals surface area contributed by atoms with E-state index >= 15 is 0 Å². The van der Waals surface area contributed by atoms with Crippen LogP contribution in [-0.2, 0) is 4.79 Å². The molecule has 3 heteroatoms. The van der Waals surface area contributed by atoms with Gasteiger partial charge in [0.1, 0.15) is 0 Å². The first-order valence-electron chi connectivity index (χ1n) is 5.42. The molecule has 3 nitrogen and oxygen atoms in total. The number of carbonyl (C=O) groups is 1.